The van der Waals surface area contributed by atoms with Crippen LogP contribution in [0.4, 0.5) is 10.2 Å². The van der Waals surface area contributed by atoms with Crippen LogP contribution in [-0.4, -0.2) is 12.0 Å². The lowest BCUT2D eigenvalue weighted by atomic mass is 10.1. The lowest BCUT2D eigenvalue weighted by Gasteiger charge is -2.28. The van der Waals surface area contributed by atoms with Crippen LogP contribution in [0.1, 0.15) is 24.1 Å². The van der Waals surface area contributed by atoms with Gasteiger partial charge >= 0.3 is 0 Å². The van der Waals surface area contributed by atoms with Gasteiger partial charge in [-0.1, -0.05) is 18.2 Å². The quantitative estimate of drug-likeness (QED) is 0.926. The molecule has 0 radical (unpaired) electrons. The zero-order chi connectivity index (χ0) is 14.7. The Bertz CT molecular complexity index is 603. The third-order valence-electron chi connectivity index (χ3n) is 3.40. The first-order valence-electron chi connectivity index (χ1n) is 6.36. The monoisotopic (exact) mass is 337 g/mol. The van der Waals surface area contributed by atoms with E-state index in [0.717, 1.165) is 15.9 Å². The van der Waals surface area contributed by atoms with E-state index in [1.807, 2.05) is 31.0 Å². The van der Waals surface area contributed by atoms with Gasteiger partial charge in [0.1, 0.15) is 11.6 Å². The molecule has 3 nitrogen and oxygen atoms in total. The van der Waals surface area contributed by atoms with Crippen LogP contribution in [0.3, 0.4) is 0 Å². The van der Waals surface area contributed by atoms with Crippen molar-refractivity contribution in [3.05, 3.63) is 57.9 Å². The van der Waals surface area contributed by atoms with Gasteiger partial charge in [-0.3, -0.25) is 0 Å². The Morgan fingerprint density at radius 1 is 1.40 bits per heavy atom. The molecule has 0 aliphatic heterocycles. The van der Waals surface area contributed by atoms with Crippen molar-refractivity contribution in [2.45, 2.75) is 19.5 Å². The van der Waals surface area contributed by atoms with E-state index in [-0.39, 0.29) is 11.9 Å². The fourth-order valence-electron chi connectivity index (χ4n) is 2.15. The highest BCUT2D eigenvalue weighted by Gasteiger charge is 2.18. The molecule has 0 saturated carbocycles. The number of aromatic nitrogens is 1. The topological polar surface area (TPSA) is 42.2 Å². The lowest BCUT2D eigenvalue weighted by Crippen LogP contribution is -2.25. The van der Waals surface area contributed by atoms with E-state index < -0.39 is 0 Å². The molecule has 1 aromatic heterocycles. The number of nitrogens with two attached hydrogens (primary N) is 1. The summed E-state index contributed by atoms with van der Waals surface area (Å²) in [6.45, 7) is 2.33. The lowest BCUT2D eigenvalue weighted by molar-refractivity contribution is 0.583. The minimum Gasteiger partial charge on any atom is -0.353 e. The van der Waals surface area contributed by atoms with Crippen molar-refractivity contribution in [3.8, 4) is 0 Å². The number of nitrogens with zero attached hydrogens (tertiary/aromatic N) is 2. The van der Waals surface area contributed by atoms with Gasteiger partial charge in [-0.2, -0.15) is 0 Å². The Kier molecular flexibility index (Phi) is 4.73. The number of benzene rings is 1. The molecule has 0 fully saturated rings. The number of anilines is 1. The molecule has 0 aliphatic rings. The summed E-state index contributed by atoms with van der Waals surface area (Å²) in [5.41, 5.74) is 7.33. The second-order valence-corrected chi connectivity index (χ2v) is 5.56. The first-order chi connectivity index (χ1) is 9.54. The smallest absolute Gasteiger partial charge is 0.133 e. The average Bonchev–Trinajstić information content (AvgIpc) is 2.46. The van der Waals surface area contributed by atoms with Crippen LogP contribution in [0.15, 0.2) is 41.0 Å². The highest BCUT2D eigenvalue weighted by atomic mass is 79.9. The van der Waals surface area contributed by atoms with Crippen molar-refractivity contribution in [1.82, 2.24) is 4.98 Å². The van der Waals surface area contributed by atoms with Gasteiger partial charge in [-0.05, 0) is 35.0 Å². The first kappa shape index (κ1) is 14.9. The maximum atomic E-state index is 13.9. The van der Waals surface area contributed by atoms with Crippen molar-refractivity contribution >= 4 is 21.7 Å². The van der Waals surface area contributed by atoms with Crippen LogP contribution in [0.25, 0.3) is 0 Å². The Hall–Kier alpha value is -1.46. The van der Waals surface area contributed by atoms with Crippen LogP contribution in [-0.2, 0) is 6.54 Å². The zero-order valence-corrected chi connectivity index (χ0v) is 13.1. The van der Waals surface area contributed by atoms with Crippen LogP contribution < -0.4 is 10.6 Å². The number of pyridine rings is 1. The van der Waals surface area contributed by atoms with E-state index in [2.05, 4.69) is 20.9 Å². The van der Waals surface area contributed by atoms with Gasteiger partial charge in [0.15, 0.2) is 0 Å². The van der Waals surface area contributed by atoms with Crippen molar-refractivity contribution in [1.29, 1.82) is 0 Å². The number of halogens is 2. The summed E-state index contributed by atoms with van der Waals surface area (Å²) in [6, 6.07) is 8.59. The molecule has 1 unspecified atom stereocenters. The molecule has 0 amide bonds. The number of hydrogen-bond donors (Lipinski definition) is 1. The molecule has 2 aromatic rings. The molecular weight excluding hydrogens is 321 g/mol. The molecule has 5 heteroatoms. The molecule has 0 bridgehead atoms. The van der Waals surface area contributed by atoms with E-state index >= 15 is 0 Å². The van der Waals surface area contributed by atoms with E-state index in [0.29, 0.717) is 12.1 Å². The van der Waals surface area contributed by atoms with Gasteiger partial charge in [0, 0.05) is 35.4 Å². The van der Waals surface area contributed by atoms with Gasteiger partial charge in [-0.15, -0.1) is 0 Å². The molecule has 106 valence electrons. The maximum absolute atomic E-state index is 13.9. The summed E-state index contributed by atoms with van der Waals surface area (Å²) in [5.74, 6) is 0.560. The molecule has 0 saturated heterocycles. The third-order valence-corrected chi connectivity index (χ3v) is 3.83. The molecule has 1 heterocycles. The Morgan fingerprint density at radius 3 is 2.75 bits per heavy atom. The van der Waals surface area contributed by atoms with Gasteiger partial charge in [0.25, 0.3) is 0 Å². The average molecular weight is 338 g/mol. The molecular formula is C15H17BrFN3. The molecule has 20 heavy (non-hydrogen) atoms. The standard InChI is InChI=1S/C15H17BrFN3/c1-10(13-5-3-4-6-14(13)17)20(2)15-11(8-18)7-12(16)9-19-15/h3-7,9-10H,8,18H2,1-2H3. The van der Waals surface area contributed by atoms with Gasteiger partial charge in [-0.25, -0.2) is 9.37 Å². The van der Waals surface area contributed by atoms with E-state index in [4.69, 9.17) is 5.73 Å². The maximum Gasteiger partial charge on any atom is 0.133 e. The van der Waals surface area contributed by atoms with Crippen LogP contribution in [0.2, 0.25) is 0 Å². The summed E-state index contributed by atoms with van der Waals surface area (Å²) in [6.07, 6.45) is 1.72. The Balaban J connectivity index is 2.36. The SMILES string of the molecule is CC(c1ccccc1F)N(C)c1ncc(Br)cc1CN. The molecule has 2 N–H and O–H groups in total. The fourth-order valence-corrected chi connectivity index (χ4v) is 2.53. The highest BCUT2D eigenvalue weighted by Crippen LogP contribution is 2.29. The van der Waals surface area contributed by atoms with Crippen molar-refractivity contribution in [2.24, 2.45) is 5.73 Å². The van der Waals surface area contributed by atoms with Gasteiger partial charge in [0.2, 0.25) is 0 Å². The van der Waals surface area contributed by atoms with E-state index in [9.17, 15) is 4.39 Å². The predicted molar refractivity (Wildman–Crippen MR) is 83.0 cm³/mol. The second-order valence-electron chi connectivity index (χ2n) is 4.65. The number of rotatable bonds is 4. The Morgan fingerprint density at radius 2 is 2.10 bits per heavy atom. The predicted octanol–water partition coefficient (Wildman–Crippen LogP) is 3.64. The van der Waals surface area contributed by atoms with E-state index in [1.54, 1.807) is 18.3 Å². The van der Waals surface area contributed by atoms with Crippen molar-refractivity contribution in [3.63, 3.8) is 0 Å². The molecule has 1 aromatic carbocycles. The minimum atomic E-state index is -0.210. The fraction of sp³-hybridized carbons (Fsp3) is 0.267. The summed E-state index contributed by atoms with van der Waals surface area (Å²) in [7, 11) is 1.90. The van der Waals surface area contributed by atoms with Crippen LogP contribution >= 0.6 is 15.9 Å². The van der Waals surface area contributed by atoms with E-state index in [1.165, 1.54) is 6.07 Å². The summed E-state index contributed by atoms with van der Waals surface area (Å²) < 4.78 is 14.8. The molecule has 2 rings (SSSR count). The summed E-state index contributed by atoms with van der Waals surface area (Å²) in [4.78, 5) is 6.34. The van der Waals surface area contributed by atoms with Gasteiger partial charge in [0.05, 0.1) is 6.04 Å². The van der Waals surface area contributed by atoms with Crippen molar-refractivity contribution < 1.29 is 4.39 Å². The van der Waals surface area contributed by atoms with Crippen molar-refractivity contribution in [2.75, 3.05) is 11.9 Å². The highest BCUT2D eigenvalue weighted by molar-refractivity contribution is 9.10. The van der Waals surface area contributed by atoms with Crippen LogP contribution in [0, 0.1) is 5.82 Å². The normalized spacial score (nSPS) is 12.2. The molecule has 0 spiro atoms. The number of hydrogen-bond acceptors (Lipinski definition) is 3. The summed E-state index contributed by atoms with van der Waals surface area (Å²) >= 11 is 3.38. The first-order valence-corrected chi connectivity index (χ1v) is 7.15. The zero-order valence-electron chi connectivity index (χ0n) is 11.5. The second kappa shape index (κ2) is 6.33. The van der Waals surface area contributed by atoms with Crippen LogP contribution in [0.5, 0.6) is 0 Å². The third kappa shape index (κ3) is 2.99. The largest absolute Gasteiger partial charge is 0.353 e. The van der Waals surface area contributed by atoms with Gasteiger partial charge < -0.3 is 10.6 Å². The Labute approximate surface area is 126 Å². The summed E-state index contributed by atoms with van der Waals surface area (Å²) in [5, 5.41) is 0. The molecule has 1 atom stereocenters. The minimum absolute atomic E-state index is 0.129. The molecule has 0 aliphatic carbocycles.